The topological polar surface area (TPSA) is 49.8 Å². The summed E-state index contributed by atoms with van der Waals surface area (Å²) in [6, 6.07) is 6.26. The maximum absolute atomic E-state index is 13.3. The van der Waals surface area contributed by atoms with E-state index in [1.807, 2.05) is 0 Å². The molecule has 4 nitrogen and oxygen atoms in total. The number of hydrogen-bond donors (Lipinski definition) is 1. The molecule has 1 aliphatic rings. The van der Waals surface area contributed by atoms with Gasteiger partial charge < -0.3 is 14.7 Å². The number of benzene rings is 1. The van der Waals surface area contributed by atoms with Crippen molar-refractivity contribution in [3.8, 4) is 0 Å². The standard InChI is InChI=1S/C16H22FNO3/c1-16(2,3)21-15(20)18-8-7-13(14(19)10-18)11-5-4-6-12(17)9-11/h4-6,9,13-14,19H,7-8,10H2,1-3H3/t13-,14+/m1/s1. The predicted molar refractivity (Wildman–Crippen MR) is 77.6 cm³/mol. The summed E-state index contributed by atoms with van der Waals surface area (Å²) in [5, 5.41) is 10.3. The van der Waals surface area contributed by atoms with Crippen molar-refractivity contribution < 1.29 is 19.0 Å². The summed E-state index contributed by atoms with van der Waals surface area (Å²) in [6.07, 6.45) is -0.545. The Morgan fingerprint density at radius 2 is 2.14 bits per heavy atom. The normalized spacial score (nSPS) is 23.0. The summed E-state index contributed by atoms with van der Waals surface area (Å²) < 4.78 is 18.6. The molecule has 1 aromatic carbocycles. The molecule has 116 valence electrons. The van der Waals surface area contributed by atoms with Crippen LogP contribution in [0.4, 0.5) is 9.18 Å². The Kier molecular flexibility index (Phi) is 4.52. The summed E-state index contributed by atoms with van der Waals surface area (Å²) in [6.45, 7) is 6.12. The number of carbonyl (C=O) groups is 1. The number of halogens is 1. The Labute approximate surface area is 124 Å². The van der Waals surface area contributed by atoms with E-state index in [4.69, 9.17) is 4.74 Å². The molecule has 2 rings (SSSR count). The number of aliphatic hydroxyl groups excluding tert-OH is 1. The second-order valence-corrected chi connectivity index (χ2v) is 6.44. The van der Waals surface area contributed by atoms with Crippen molar-refractivity contribution in [3.05, 3.63) is 35.6 Å². The van der Waals surface area contributed by atoms with E-state index in [1.54, 1.807) is 32.9 Å². The summed E-state index contributed by atoms with van der Waals surface area (Å²) in [4.78, 5) is 13.5. The second-order valence-electron chi connectivity index (χ2n) is 6.44. The minimum absolute atomic E-state index is 0.153. The minimum atomic E-state index is -0.715. The first kappa shape index (κ1) is 15.8. The van der Waals surface area contributed by atoms with Gasteiger partial charge in [-0.3, -0.25) is 0 Å². The van der Waals surface area contributed by atoms with Crippen molar-refractivity contribution in [2.24, 2.45) is 0 Å². The van der Waals surface area contributed by atoms with Crippen LogP contribution in [0.25, 0.3) is 0 Å². The Hall–Kier alpha value is -1.62. The van der Waals surface area contributed by atoms with Crippen LogP contribution in [0.2, 0.25) is 0 Å². The van der Waals surface area contributed by atoms with Gasteiger partial charge in [0.2, 0.25) is 0 Å². The Morgan fingerprint density at radius 1 is 1.43 bits per heavy atom. The van der Waals surface area contributed by atoms with Gasteiger partial charge in [-0.25, -0.2) is 9.18 Å². The van der Waals surface area contributed by atoms with Crippen molar-refractivity contribution >= 4 is 6.09 Å². The van der Waals surface area contributed by atoms with Crippen LogP contribution in [0.3, 0.4) is 0 Å². The van der Waals surface area contributed by atoms with Gasteiger partial charge in [0.25, 0.3) is 0 Å². The van der Waals surface area contributed by atoms with Crippen LogP contribution < -0.4 is 0 Å². The molecule has 1 amide bonds. The lowest BCUT2D eigenvalue weighted by Gasteiger charge is -2.36. The van der Waals surface area contributed by atoms with Crippen LogP contribution in [0.15, 0.2) is 24.3 Å². The van der Waals surface area contributed by atoms with Gasteiger partial charge >= 0.3 is 6.09 Å². The van der Waals surface area contributed by atoms with Crippen LogP contribution in [0.5, 0.6) is 0 Å². The average Bonchev–Trinajstić information content (AvgIpc) is 2.36. The number of amides is 1. The van der Waals surface area contributed by atoms with Gasteiger partial charge in [-0.2, -0.15) is 0 Å². The Balaban J connectivity index is 2.01. The van der Waals surface area contributed by atoms with Gasteiger partial charge in [0.1, 0.15) is 11.4 Å². The molecule has 1 N–H and O–H groups in total. The summed E-state index contributed by atoms with van der Waals surface area (Å²) in [5.41, 5.74) is 0.216. The van der Waals surface area contributed by atoms with Crippen molar-refractivity contribution in [3.63, 3.8) is 0 Å². The number of hydrogen-bond acceptors (Lipinski definition) is 3. The quantitative estimate of drug-likeness (QED) is 0.866. The molecule has 2 atom stereocenters. The number of ether oxygens (including phenoxy) is 1. The first-order valence-electron chi connectivity index (χ1n) is 7.18. The Morgan fingerprint density at radius 3 is 2.71 bits per heavy atom. The van der Waals surface area contributed by atoms with Crippen LogP contribution in [-0.4, -0.2) is 40.9 Å². The third-order valence-corrected chi connectivity index (χ3v) is 3.51. The largest absolute Gasteiger partial charge is 0.444 e. The van der Waals surface area contributed by atoms with E-state index in [0.717, 1.165) is 5.56 Å². The number of nitrogens with zero attached hydrogens (tertiary/aromatic N) is 1. The first-order valence-corrected chi connectivity index (χ1v) is 7.18. The molecule has 0 aliphatic carbocycles. The van der Waals surface area contributed by atoms with Gasteiger partial charge in [0.05, 0.1) is 12.6 Å². The van der Waals surface area contributed by atoms with Gasteiger partial charge in [-0.05, 0) is 44.9 Å². The van der Waals surface area contributed by atoms with E-state index in [2.05, 4.69) is 0 Å². The number of likely N-dealkylation sites (tertiary alicyclic amines) is 1. The van der Waals surface area contributed by atoms with Crippen molar-refractivity contribution in [2.75, 3.05) is 13.1 Å². The van der Waals surface area contributed by atoms with E-state index in [1.165, 1.54) is 17.0 Å². The fourth-order valence-corrected chi connectivity index (χ4v) is 2.55. The fraction of sp³-hybridized carbons (Fsp3) is 0.562. The maximum atomic E-state index is 13.3. The zero-order chi connectivity index (χ0) is 15.6. The second kappa shape index (κ2) is 6.02. The molecule has 0 unspecified atom stereocenters. The smallest absolute Gasteiger partial charge is 0.410 e. The molecule has 1 saturated heterocycles. The molecule has 0 saturated carbocycles. The van der Waals surface area contributed by atoms with E-state index in [9.17, 15) is 14.3 Å². The fourth-order valence-electron chi connectivity index (χ4n) is 2.55. The van der Waals surface area contributed by atoms with Crippen LogP contribution in [0.1, 0.15) is 38.7 Å². The number of rotatable bonds is 1. The summed E-state index contributed by atoms with van der Waals surface area (Å²) in [5.74, 6) is -0.464. The zero-order valence-corrected chi connectivity index (χ0v) is 12.7. The van der Waals surface area contributed by atoms with Crippen molar-refractivity contribution in [1.82, 2.24) is 4.90 Å². The monoisotopic (exact) mass is 295 g/mol. The summed E-state index contributed by atoms with van der Waals surface area (Å²) in [7, 11) is 0. The number of aliphatic hydroxyl groups is 1. The van der Waals surface area contributed by atoms with Gasteiger partial charge in [-0.15, -0.1) is 0 Å². The van der Waals surface area contributed by atoms with E-state index >= 15 is 0 Å². The predicted octanol–water partition coefficient (Wildman–Crippen LogP) is 2.91. The molecule has 0 spiro atoms. The van der Waals surface area contributed by atoms with Crippen LogP contribution in [0, 0.1) is 5.82 Å². The van der Waals surface area contributed by atoms with E-state index < -0.39 is 17.8 Å². The molecule has 1 fully saturated rings. The lowest BCUT2D eigenvalue weighted by atomic mass is 9.87. The molecule has 0 radical (unpaired) electrons. The van der Waals surface area contributed by atoms with Crippen molar-refractivity contribution in [2.45, 2.75) is 44.8 Å². The average molecular weight is 295 g/mol. The molecule has 0 aromatic heterocycles. The van der Waals surface area contributed by atoms with E-state index in [-0.39, 0.29) is 18.3 Å². The molecule has 0 bridgehead atoms. The highest BCUT2D eigenvalue weighted by atomic mass is 19.1. The van der Waals surface area contributed by atoms with E-state index in [0.29, 0.717) is 13.0 Å². The molecule has 1 heterocycles. The summed E-state index contributed by atoms with van der Waals surface area (Å²) >= 11 is 0. The van der Waals surface area contributed by atoms with Crippen molar-refractivity contribution in [1.29, 1.82) is 0 Å². The number of piperidine rings is 1. The van der Waals surface area contributed by atoms with Crippen LogP contribution in [-0.2, 0) is 4.74 Å². The molecule has 1 aromatic rings. The highest BCUT2D eigenvalue weighted by molar-refractivity contribution is 5.68. The highest BCUT2D eigenvalue weighted by Crippen LogP contribution is 2.29. The molecule has 21 heavy (non-hydrogen) atoms. The maximum Gasteiger partial charge on any atom is 0.410 e. The van der Waals surface area contributed by atoms with Gasteiger partial charge in [0, 0.05) is 12.5 Å². The molecule has 1 aliphatic heterocycles. The number of carbonyl (C=O) groups excluding carboxylic acids is 1. The third kappa shape index (κ3) is 4.17. The first-order chi connectivity index (χ1) is 9.76. The SMILES string of the molecule is CC(C)(C)OC(=O)N1CC[C@H](c2cccc(F)c2)[C@@H](O)C1. The van der Waals surface area contributed by atoms with Gasteiger partial charge in [0.15, 0.2) is 0 Å². The molecular weight excluding hydrogens is 273 g/mol. The van der Waals surface area contributed by atoms with Crippen LogP contribution >= 0.6 is 0 Å². The lowest BCUT2D eigenvalue weighted by molar-refractivity contribution is -0.00154. The molecule has 5 heteroatoms. The molecular formula is C16H22FNO3. The zero-order valence-electron chi connectivity index (χ0n) is 12.7. The highest BCUT2D eigenvalue weighted by Gasteiger charge is 2.33. The lowest BCUT2D eigenvalue weighted by Crippen LogP contribution is -2.47. The minimum Gasteiger partial charge on any atom is -0.444 e. The Bertz CT molecular complexity index is 512. The number of β-amino-alcohol motifs (C(OH)–C–C–N with tert-alkyl or cyclic N) is 1. The van der Waals surface area contributed by atoms with Gasteiger partial charge in [-0.1, -0.05) is 12.1 Å². The third-order valence-electron chi connectivity index (χ3n) is 3.51.